The molecule has 0 aliphatic rings. The van der Waals surface area contributed by atoms with Crippen molar-refractivity contribution in [1.29, 1.82) is 0 Å². The topological polar surface area (TPSA) is 97.3 Å². The third kappa shape index (κ3) is 5.64. The zero-order chi connectivity index (χ0) is 22.2. The van der Waals surface area contributed by atoms with Gasteiger partial charge in [-0.2, -0.15) is 5.10 Å². The third-order valence-electron chi connectivity index (χ3n) is 4.41. The summed E-state index contributed by atoms with van der Waals surface area (Å²) in [6.07, 6.45) is 1.47. The quantitative estimate of drug-likeness (QED) is 0.229. The predicted molar refractivity (Wildman–Crippen MR) is 125 cm³/mol. The van der Waals surface area contributed by atoms with Gasteiger partial charge < -0.3 is 9.73 Å². The Hall–Kier alpha value is -3.85. The minimum absolute atomic E-state index is 0.144. The Bertz CT molecular complexity index is 1190. The lowest BCUT2D eigenvalue weighted by molar-refractivity contribution is -0.118. The van der Waals surface area contributed by atoms with E-state index in [9.17, 15) is 4.79 Å². The molecule has 2 aromatic heterocycles. The second-order valence-corrected chi connectivity index (χ2v) is 7.76. The van der Waals surface area contributed by atoms with Crippen LogP contribution >= 0.6 is 11.8 Å². The molecule has 2 aromatic carbocycles. The molecule has 162 valence electrons. The summed E-state index contributed by atoms with van der Waals surface area (Å²) < 4.78 is 7.33. The van der Waals surface area contributed by atoms with Crippen molar-refractivity contribution in [3.8, 4) is 5.69 Å². The van der Waals surface area contributed by atoms with Gasteiger partial charge in [-0.05, 0) is 43.3 Å². The number of nitrogens with zero attached hydrogens (tertiary/aromatic N) is 4. The summed E-state index contributed by atoms with van der Waals surface area (Å²) in [5.41, 5.74) is 4.42. The van der Waals surface area contributed by atoms with Gasteiger partial charge in [-0.1, -0.05) is 48.2 Å². The average molecular weight is 447 g/mol. The van der Waals surface area contributed by atoms with E-state index >= 15 is 0 Å². The molecule has 32 heavy (non-hydrogen) atoms. The Balaban J connectivity index is 1.42. The van der Waals surface area contributed by atoms with Crippen LogP contribution in [0.15, 0.2) is 87.5 Å². The number of anilines is 1. The standard InChI is InChI=1S/C23H22N6O2S/c1-17-12-13-20(31-17)14-25-27-22(30)16-32-23-28-26-21(15-24-18-8-4-2-5-9-18)29(23)19-10-6-3-7-11-19/h2-14,24H,15-16H2,1H3,(H,27,30)/b25-14+. The van der Waals surface area contributed by atoms with Gasteiger partial charge in [0.05, 0.1) is 18.5 Å². The summed E-state index contributed by atoms with van der Waals surface area (Å²) >= 11 is 1.30. The van der Waals surface area contributed by atoms with Gasteiger partial charge in [0.2, 0.25) is 0 Å². The van der Waals surface area contributed by atoms with E-state index in [-0.39, 0.29) is 11.7 Å². The highest BCUT2D eigenvalue weighted by Crippen LogP contribution is 2.22. The molecule has 0 bridgehead atoms. The van der Waals surface area contributed by atoms with E-state index in [1.807, 2.05) is 78.2 Å². The molecule has 9 heteroatoms. The van der Waals surface area contributed by atoms with E-state index in [1.165, 1.54) is 18.0 Å². The second-order valence-electron chi connectivity index (χ2n) is 6.82. The largest absolute Gasteiger partial charge is 0.460 e. The monoisotopic (exact) mass is 446 g/mol. The fourth-order valence-electron chi connectivity index (χ4n) is 2.93. The van der Waals surface area contributed by atoms with Gasteiger partial charge in [0.25, 0.3) is 5.91 Å². The first-order valence-electron chi connectivity index (χ1n) is 9.99. The number of carbonyl (C=O) groups excluding carboxylic acids is 1. The number of nitrogens with one attached hydrogen (secondary N) is 2. The number of carbonyl (C=O) groups is 1. The molecule has 2 N–H and O–H groups in total. The Morgan fingerprint density at radius 3 is 2.53 bits per heavy atom. The molecule has 4 rings (SSSR count). The van der Waals surface area contributed by atoms with Gasteiger partial charge >= 0.3 is 0 Å². The Kier molecular flexibility index (Phi) is 6.98. The molecule has 0 unspecified atom stereocenters. The fraction of sp³-hybridized carbons (Fsp3) is 0.130. The van der Waals surface area contributed by atoms with Crippen molar-refractivity contribution in [3.05, 3.63) is 90.1 Å². The molecular weight excluding hydrogens is 424 g/mol. The van der Waals surface area contributed by atoms with Crippen LogP contribution in [-0.4, -0.2) is 32.6 Å². The molecule has 1 amide bonds. The van der Waals surface area contributed by atoms with Gasteiger partial charge in [-0.15, -0.1) is 10.2 Å². The molecule has 0 saturated heterocycles. The molecule has 2 heterocycles. The molecule has 0 radical (unpaired) electrons. The van der Waals surface area contributed by atoms with E-state index in [1.54, 1.807) is 6.07 Å². The normalized spacial score (nSPS) is 11.0. The highest BCUT2D eigenvalue weighted by Gasteiger charge is 2.15. The summed E-state index contributed by atoms with van der Waals surface area (Å²) in [7, 11) is 0. The minimum atomic E-state index is -0.249. The average Bonchev–Trinajstić information content (AvgIpc) is 3.43. The molecule has 0 atom stereocenters. The SMILES string of the molecule is Cc1ccc(/C=N/NC(=O)CSc2nnc(CNc3ccccc3)n2-c2ccccc2)o1. The molecule has 0 spiro atoms. The number of furan rings is 1. The maximum Gasteiger partial charge on any atom is 0.250 e. The Morgan fingerprint density at radius 1 is 1.06 bits per heavy atom. The van der Waals surface area contributed by atoms with Gasteiger partial charge in [0.15, 0.2) is 11.0 Å². The van der Waals surface area contributed by atoms with Crippen molar-refractivity contribution in [1.82, 2.24) is 20.2 Å². The molecule has 4 aromatic rings. The molecule has 0 aliphatic carbocycles. The van der Waals surface area contributed by atoms with Crippen LogP contribution in [0.5, 0.6) is 0 Å². The molecule has 8 nitrogen and oxygen atoms in total. The van der Waals surface area contributed by atoms with Gasteiger partial charge in [-0.25, -0.2) is 5.43 Å². The van der Waals surface area contributed by atoms with Crippen LogP contribution in [0.3, 0.4) is 0 Å². The number of hydrogen-bond acceptors (Lipinski definition) is 7. The molecular formula is C23H22N6O2S. The smallest absolute Gasteiger partial charge is 0.250 e. The zero-order valence-corrected chi connectivity index (χ0v) is 18.2. The second kappa shape index (κ2) is 10.5. The summed E-state index contributed by atoms with van der Waals surface area (Å²) in [4.78, 5) is 12.2. The number of aryl methyl sites for hydroxylation is 1. The number of amides is 1. The lowest BCUT2D eigenvalue weighted by Gasteiger charge is -2.11. The third-order valence-corrected chi connectivity index (χ3v) is 5.34. The van der Waals surface area contributed by atoms with Crippen LogP contribution in [0.25, 0.3) is 5.69 Å². The van der Waals surface area contributed by atoms with Gasteiger partial charge in [0, 0.05) is 11.4 Å². The van der Waals surface area contributed by atoms with Crippen molar-refractivity contribution in [3.63, 3.8) is 0 Å². The van der Waals surface area contributed by atoms with Gasteiger partial charge in [0.1, 0.15) is 11.5 Å². The van der Waals surface area contributed by atoms with Crippen molar-refractivity contribution in [2.24, 2.45) is 5.10 Å². The van der Waals surface area contributed by atoms with Crippen molar-refractivity contribution >= 4 is 29.6 Å². The number of aromatic nitrogens is 3. The highest BCUT2D eigenvalue weighted by molar-refractivity contribution is 7.99. The van der Waals surface area contributed by atoms with Gasteiger partial charge in [-0.3, -0.25) is 9.36 Å². The minimum Gasteiger partial charge on any atom is -0.460 e. The number of benzene rings is 2. The highest BCUT2D eigenvalue weighted by atomic mass is 32.2. The van der Waals surface area contributed by atoms with Crippen LogP contribution in [0, 0.1) is 6.92 Å². The van der Waals surface area contributed by atoms with E-state index in [4.69, 9.17) is 4.42 Å². The maximum absolute atomic E-state index is 12.2. The Morgan fingerprint density at radius 2 is 1.81 bits per heavy atom. The van der Waals surface area contributed by atoms with Crippen molar-refractivity contribution in [2.75, 3.05) is 11.1 Å². The van der Waals surface area contributed by atoms with Crippen molar-refractivity contribution < 1.29 is 9.21 Å². The molecule has 0 aliphatic heterocycles. The maximum atomic E-state index is 12.2. The van der Waals surface area contributed by atoms with Crippen LogP contribution in [0.2, 0.25) is 0 Å². The summed E-state index contributed by atoms with van der Waals surface area (Å²) in [6, 6.07) is 23.3. The number of hydrazone groups is 1. The van der Waals surface area contributed by atoms with Crippen LogP contribution in [-0.2, 0) is 11.3 Å². The van der Waals surface area contributed by atoms with E-state index in [2.05, 4.69) is 26.0 Å². The number of thioether (sulfide) groups is 1. The van der Waals surface area contributed by atoms with Crippen LogP contribution < -0.4 is 10.7 Å². The van der Waals surface area contributed by atoms with E-state index in [0.29, 0.717) is 17.5 Å². The lowest BCUT2D eigenvalue weighted by Crippen LogP contribution is -2.20. The number of rotatable bonds is 9. The lowest BCUT2D eigenvalue weighted by atomic mass is 10.3. The molecule has 0 saturated carbocycles. The zero-order valence-electron chi connectivity index (χ0n) is 17.4. The summed E-state index contributed by atoms with van der Waals surface area (Å²) in [5.74, 6) is 2.00. The van der Waals surface area contributed by atoms with Crippen molar-refractivity contribution in [2.45, 2.75) is 18.6 Å². The number of para-hydroxylation sites is 2. The summed E-state index contributed by atoms with van der Waals surface area (Å²) in [6.45, 7) is 2.34. The summed E-state index contributed by atoms with van der Waals surface area (Å²) in [5, 5.41) is 16.6. The van der Waals surface area contributed by atoms with E-state index in [0.717, 1.165) is 23.0 Å². The molecule has 0 fully saturated rings. The van der Waals surface area contributed by atoms with Crippen LogP contribution in [0.1, 0.15) is 17.3 Å². The number of hydrogen-bond donors (Lipinski definition) is 2. The van der Waals surface area contributed by atoms with E-state index < -0.39 is 0 Å². The predicted octanol–water partition coefficient (Wildman–Crippen LogP) is 4.02. The first-order valence-corrected chi connectivity index (χ1v) is 11.0. The van der Waals surface area contributed by atoms with Crippen LogP contribution in [0.4, 0.5) is 5.69 Å². The first kappa shape index (κ1) is 21.4. The Labute approximate surface area is 189 Å². The fourth-order valence-corrected chi connectivity index (χ4v) is 3.70. The first-order chi connectivity index (χ1) is 15.7.